The van der Waals surface area contributed by atoms with E-state index in [0.717, 1.165) is 11.4 Å². The molecule has 0 aliphatic carbocycles. The average Bonchev–Trinajstić information content (AvgIpc) is 2.54. The summed E-state index contributed by atoms with van der Waals surface area (Å²) >= 11 is 0. The molecule has 0 aliphatic heterocycles. The van der Waals surface area contributed by atoms with E-state index in [-0.39, 0.29) is 0 Å². The van der Waals surface area contributed by atoms with Crippen LogP contribution in [0.25, 0.3) is 11.3 Å². The Morgan fingerprint density at radius 1 is 1.24 bits per heavy atom. The predicted molar refractivity (Wildman–Crippen MR) is 70.7 cm³/mol. The van der Waals surface area contributed by atoms with Gasteiger partial charge >= 0.3 is 0 Å². The lowest BCUT2D eigenvalue weighted by molar-refractivity contribution is 0.712. The van der Waals surface area contributed by atoms with Crippen molar-refractivity contribution in [1.82, 2.24) is 9.78 Å². The molecule has 0 atom stereocenters. The van der Waals surface area contributed by atoms with Crippen LogP contribution in [0.15, 0.2) is 18.2 Å². The molecule has 2 N–H and O–H groups in total. The third kappa shape index (κ3) is 1.98. The molecule has 0 aliphatic rings. The number of benzene rings is 1. The van der Waals surface area contributed by atoms with Gasteiger partial charge < -0.3 is 5.73 Å². The van der Waals surface area contributed by atoms with Crippen LogP contribution < -0.4 is 5.73 Å². The molecule has 0 saturated carbocycles. The van der Waals surface area contributed by atoms with Crippen LogP contribution in [0.4, 0.5) is 0 Å². The number of aromatic nitrogens is 2. The Hall–Kier alpha value is -1.61. The van der Waals surface area contributed by atoms with Crippen LogP contribution in [-0.4, -0.2) is 9.78 Å². The molecule has 1 heterocycles. The minimum atomic E-state index is 0.528. The van der Waals surface area contributed by atoms with Gasteiger partial charge in [-0.05, 0) is 31.9 Å². The summed E-state index contributed by atoms with van der Waals surface area (Å²) in [4.78, 5) is 0. The van der Waals surface area contributed by atoms with E-state index in [9.17, 15) is 0 Å². The van der Waals surface area contributed by atoms with Crippen molar-refractivity contribution < 1.29 is 0 Å². The fourth-order valence-corrected chi connectivity index (χ4v) is 2.29. The third-order valence-corrected chi connectivity index (χ3v) is 3.26. The van der Waals surface area contributed by atoms with Crippen molar-refractivity contribution >= 4 is 0 Å². The number of hydrogen-bond donors (Lipinski definition) is 1. The van der Waals surface area contributed by atoms with Crippen molar-refractivity contribution in [3.05, 3.63) is 40.6 Å². The molecule has 3 nitrogen and oxygen atoms in total. The van der Waals surface area contributed by atoms with Crippen LogP contribution in [0.1, 0.15) is 22.4 Å². The summed E-state index contributed by atoms with van der Waals surface area (Å²) in [5.41, 5.74) is 12.8. The van der Waals surface area contributed by atoms with E-state index < -0.39 is 0 Å². The van der Waals surface area contributed by atoms with Gasteiger partial charge in [-0.1, -0.05) is 23.8 Å². The first-order chi connectivity index (χ1) is 8.04. The summed E-state index contributed by atoms with van der Waals surface area (Å²) < 4.78 is 1.88. The highest BCUT2D eigenvalue weighted by Crippen LogP contribution is 2.27. The standard InChI is InChI=1S/C14H19N3/c1-9-5-6-12(10(2)7-9)14-11(3)13(8-15)17(4)16-14/h5-7H,8,15H2,1-4H3. The number of rotatable bonds is 2. The zero-order valence-corrected chi connectivity index (χ0v) is 10.9. The molecule has 0 unspecified atom stereocenters. The van der Waals surface area contributed by atoms with Crippen molar-refractivity contribution in [3.8, 4) is 11.3 Å². The normalized spacial score (nSPS) is 10.9. The first-order valence-electron chi connectivity index (χ1n) is 5.84. The Labute approximate surface area is 102 Å². The molecule has 0 bridgehead atoms. The smallest absolute Gasteiger partial charge is 0.0958 e. The van der Waals surface area contributed by atoms with Crippen LogP contribution in [0.2, 0.25) is 0 Å². The monoisotopic (exact) mass is 229 g/mol. The molecular weight excluding hydrogens is 210 g/mol. The fraction of sp³-hybridized carbons (Fsp3) is 0.357. The highest BCUT2D eigenvalue weighted by molar-refractivity contribution is 5.67. The van der Waals surface area contributed by atoms with E-state index in [4.69, 9.17) is 5.73 Å². The molecule has 0 amide bonds. The van der Waals surface area contributed by atoms with Gasteiger partial charge in [-0.15, -0.1) is 0 Å². The summed E-state index contributed by atoms with van der Waals surface area (Å²) in [5.74, 6) is 0. The van der Waals surface area contributed by atoms with Crippen molar-refractivity contribution in [2.24, 2.45) is 12.8 Å². The summed E-state index contributed by atoms with van der Waals surface area (Å²) in [7, 11) is 1.95. The predicted octanol–water partition coefficient (Wildman–Crippen LogP) is 2.47. The van der Waals surface area contributed by atoms with Crippen LogP contribution in [0, 0.1) is 20.8 Å². The summed E-state index contributed by atoms with van der Waals surface area (Å²) in [6.45, 7) is 6.84. The van der Waals surface area contributed by atoms with Crippen molar-refractivity contribution in [2.45, 2.75) is 27.3 Å². The Morgan fingerprint density at radius 3 is 2.47 bits per heavy atom. The maximum Gasteiger partial charge on any atom is 0.0958 e. The lowest BCUT2D eigenvalue weighted by Crippen LogP contribution is -2.05. The van der Waals surface area contributed by atoms with E-state index in [1.807, 2.05) is 11.7 Å². The summed E-state index contributed by atoms with van der Waals surface area (Å²) in [6.07, 6.45) is 0. The van der Waals surface area contributed by atoms with Gasteiger partial charge in [0.05, 0.1) is 11.4 Å². The maximum absolute atomic E-state index is 5.74. The molecule has 2 aromatic rings. The lowest BCUT2D eigenvalue weighted by Gasteiger charge is -2.05. The van der Waals surface area contributed by atoms with Gasteiger partial charge in [0.25, 0.3) is 0 Å². The van der Waals surface area contributed by atoms with E-state index in [0.29, 0.717) is 6.54 Å². The molecule has 0 radical (unpaired) electrons. The Kier molecular flexibility index (Phi) is 3.03. The van der Waals surface area contributed by atoms with Crippen molar-refractivity contribution in [2.75, 3.05) is 0 Å². The molecule has 0 spiro atoms. The van der Waals surface area contributed by atoms with Gasteiger partial charge in [0.15, 0.2) is 0 Å². The first kappa shape index (κ1) is 11.9. The molecule has 2 rings (SSSR count). The Morgan fingerprint density at radius 2 is 1.94 bits per heavy atom. The second-order valence-corrected chi connectivity index (χ2v) is 4.57. The van der Waals surface area contributed by atoms with Crippen LogP contribution in [-0.2, 0) is 13.6 Å². The topological polar surface area (TPSA) is 43.8 Å². The minimum absolute atomic E-state index is 0.528. The van der Waals surface area contributed by atoms with Gasteiger partial charge in [0.1, 0.15) is 0 Å². The van der Waals surface area contributed by atoms with Gasteiger partial charge in [-0.25, -0.2) is 0 Å². The molecule has 1 aromatic heterocycles. The van der Waals surface area contributed by atoms with Crippen molar-refractivity contribution in [1.29, 1.82) is 0 Å². The van der Waals surface area contributed by atoms with Crippen LogP contribution >= 0.6 is 0 Å². The zero-order valence-electron chi connectivity index (χ0n) is 10.9. The van der Waals surface area contributed by atoms with Gasteiger partial charge in [-0.3, -0.25) is 4.68 Å². The van der Waals surface area contributed by atoms with Gasteiger partial charge in [-0.2, -0.15) is 5.10 Å². The Bertz CT molecular complexity index is 553. The number of nitrogens with two attached hydrogens (primary N) is 1. The number of nitrogens with zero attached hydrogens (tertiary/aromatic N) is 2. The van der Waals surface area contributed by atoms with E-state index >= 15 is 0 Å². The maximum atomic E-state index is 5.74. The average molecular weight is 229 g/mol. The van der Waals surface area contributed by atoms with E-state index in [2.05, 4.69) is 44.1 Å². The highest BCUT2D eigenvalue weighted by Gasteiger charge is 2.14. The quantitative estimate of drug-likeness (QED) is 0.859. The highest BCUT2D eigenvalue weighted by atomic mass is 15.3. The van der Waals surface area contributed by atoms with Crippen molar-refractivity contribution in [3.63, 3.8) is 0 Å². The second-order valence-electron chi connectivity index (χ2n) is 4.57. The molecule has 17 heavy (non-hydrogen) atoms. The molecule has 0 saturated heterocycles. The molecular formula is C14H19N3. The summed E-state index contributed by atoms with van der Waals surface area (Å²) in [5, 5.41) is 4.58. The number of aryl methyl sites for hydroxylation is 3. The van der Waals surface area contributed by atoms with Gasteiger partial charge in [0, 0.05) is 19.2 Å². The molecule has 1 aromatic carbocycles. The van der Waals surface area contributed by atoms with Crippen LogP contribution in [0.3, 0.4) is 0 Å². The van der Waals surface area contributed by atoms with E-state index in [1.165, 1.54) is 22.3 Å². The summed E-state index contributed by atoms with van der Waals surface area (Å²) in [6, 6.07) is 6.45. The Balaban J connectivity index is 2.61. The van der Waals surface area contributed by atoms with Crippen LogP contribution in [0.5, 0.6) is 0 Å². The van der Waals surface area contributed by atoms with E-state index in [1.54, 1.807) is 0 Å². The SMILES string of the molecule is Cc1ccc(-c2nn(C)c(CN)c2C)c(C)c1. The molecule has 90 valence electrons. The fourth-order valence-electron chi connectivity index (χ4n) is 2.29. The largest absolute Gasteiger partial charge is 0.325 e. The second kappa shape index (κ2) is 4.34. The number of hydrogen-bond acceptors (Lipinski definition) is 2. The first-order valence-corrected chi connectivity index (χ1v) is 5.84. The third-order valence-electron chi connectivity index (χ3n) is 3.26. The van der Waals surface area contributed by atoms with Gasteiger partial charge in [0.2, 0.25) is 0 Å². The molecule has 3 heteroatoms. The lowest BCUT2D eigenvalue weighted by atomic mass is 10.0. The molecule has 0 fully saturated rings. The minimum Gasteiger partial charge on any atom is -0.325 e. The zero-order chi connectivity index (χ0) is 12.6.